The van der Waals surface area contributed by atoms with E-state index in [9.17, 15) is 9.59 Å². The molecule has 0 saturated carbocycles. The Balaban J connectivity index is 0.000000217. The van der Waals surface area contributed by atoms with E-state index in [-0.39, 0.29) is 17.5 Å². The number of ether oxygens (including phenoxy) is 2. The molecule has 7 heterocycles. The second kappa shape index (κ2) is 30.4. The first-order chi connectivity index (χ1) is 34.7. The van der Waals surface area contributed by atoms with Crippen molar-refractivity contribution >= 4 is 40.6 Å². The van der Waals surface area contributed by atoms with Crippen molar-refractivity contribution in [2.45, 2.75) is 162 Å². The zero-order valence-corrected chi connectivity index (χ0v) is 46.2. The normalized spacial score (nSPS) is 13.2. The van der Waals surface area contributed by atoms with Gasteiger partial charge in [0, 0.05) is 90.4 Å². The summed E-state index contributed by atoms with van der Waals surface area (Å²) in [7, 11) is 0. The van der Waals surface area contributed by atoms with Crippen LogP contribution in [0.1, 0.15) is 144 Å². The first-order valence-electron chi connectivity index (χ1n) is 25.8. The summed E-state index contributed by atoms with van der Waals surface area (Å²) in [6, 6.07) is 11.8. The predicted molar refractivity (Wildman–Crippen MR) is 291 cm³/mol. The van der Waals surface area contributed by atoms with Gasteiger partial charge in [-0.05, 0) is 161 Å². The third-order valence-corrected chi connectivity index (χ3v) is 12.4. The van der Waals surface area contributed by atoms with Crippen molar-refractivity contribution in [3.05, 3.63) is 109 Å². The van der Waals surface area contributed by atoms with Gasteiger partial charge >= 0.3 is 11.9 Å². The third kappa shape index (κ3) is 23.7. The van der Waals surface area contributed by atoms with Crippen molar-refractivity contribution < 1.29 is 19.1 Å². The fourth-order valence-electron chi connectivity index (χ4n) is 7.15. The molecule has 0 aliphatic carbocycles. The molecule has 398 valence electrons. The molecule has 0 amide bonds. The molecule has 18 heteroatoms. The van der Waals surface area contributed by atoms with Gasteiger partial charge in [-0.1, -0.05) is 27.7 Å². The van der Waals surface area contributed by atoms with Crippen LogP contribution >= 0.6 is 11.8 Å². The second-order valence-electron chi connectivity index (χ2n) is 21.0. The number of aromatic nitrogens is 11. The van der Waals surface area contributed by atoms with Gasteiger partial charge in [0.1, 0.15) is 17.0 Å². The van der Waals surface area contributed by atoms with Crippen LogP contribution in [0.2, 0.25) is 0 Å². The van der Waals surface area contributed by atoms with E-state index in [4.69, 9.17) is 20.9 Å². The van der Waals surface area contributed by atoms with Crippen molar-refractivity contribution in [3.63, 3.8) is 0 Å². The molecule has 0 saturated heterocycles. The van der Waals surface area contributed by atoms with Crippen LogP contribution in [-0.2, 0) is 44.7 Å². The topological polar surface area (TPSA) is 221 Å². The Kier molecular flexibility index (Phi) is 24.8. The van der Waals surface area contributed by atoms with Crippen LogP contribution in [0.3, 0.4) is 0 Å². The number of thioether (sulfide) groups is 1. The van der Waals surface area contributed by atoms with E-state index in [1.54, 1.807) is 43.9 Å². The number of rotatable bonds is 21. The molecule has 7 aromatic rings. The van der Waals surface area contributed by atoms with Crippen LogP contribution in [0.4, 0.5) is 0 Å². The fraction of sp³-hybridized carbons (Fsp3) is 0.564. The number of nitrogens with zero attached hydrogens (tertiary/aromatic N) is 11. The maximum atomic E-state index is 11.7. The lowest BCUT2D eigenvalue weighted by Gasteiger charge is -2.20. The monoisotopic (exact) mass is 1020 g/mol. The van der Waals surface area contributed by atoms with E-state index in [1.807, 2.05) is 116 Å². The lowest BCUT2D eigenvalue weighted by molar-refractivity contribution is -0.156. The smallest absolute Gasteiger partial charge is 0.306 e. The number of aryl methyl sites for hydroxylation is 4. The third-order valence-electron chi connectivity index (χ3n) is 11.7. The summed E-state index contributed by atoms with van der Waals surface area (Å²) in [6.45, 7) is 21.3. The van der Waals surface area contributed by atoms with Gasteiger partial charge in [0.25, 0.3) is 0 Å². The molecule has 0 spiro atoms. The SMILES string of the molecule is CC(CCC(=O)OC(C)(C)C)CCc1ccn2nccc2n1.CC(CN)CCC(=O)OC(C)(C)C.CC(CN)CCc1ccn2nccc2n1.CSc1cnc(CCC(C)CCc2ccn3nccc3n2)nc1. The molecule has 0 aliphatic rings. The van der Waals surface area contributed by atoms with Gasteiger partial charge in [0.15, 0.2) is 16.9 Å². The number of fused-ring (bicyclic) bond motifs is 3. The van der Waals surface area contributed by atoms with Crippen LogP contribution < -0.4 is 11.5 Å². The summed E-state index contributed by atoms with van der Waals surface area (Å²) in [4.78, 5) is 46.5. The highest BCUT2D eigenvalue weighted by Gasteiger charge is 2.18. The zero-order chi connectivity index (χ0) is 53.4. The van der Waals surface area contributed by atoms with E-state index in [1.165, 1.54) is 0 Å². The van der Waals surface area contributed by atoms with Gasteiger partial charge in [-0.2, -0.15) is 15.3 Å². The maximum Gasteiger partial charge on any atom is 0.306 e. The molecule has 0 aliphatic heterocycles. The number of esters is 2. The lowest BCUT2D eigenvalue weighted by atomic mass is 9.98. The maximum absolute atomic E-state index is 11.7. The fourth-order valence-corrected chi connectivity index (χ4v) is 7.46. The second-order valence-corrected chi connectivity index (χ2v) is 21.9. The number of hydrogen-bond acceptors (Lipinski definition) is 15. The van der Waals surface area contributed by atoms with Crippen LogP contribution in [0.15, 0.2) is 90.9 Å². The molecule has 4 unspecified atom stereocenters. The summed E-state index contributed by atoms with van der Waals surface area (Å²) in [6.07, 6.45) is 27.8. The predicted octanol–water partition coefficient (Wildman–Crippen LogP) is 9.82. The molecule has 7 aromatic heterocycles. The first-order valence-corrected chi connectivity index (χ1v) is 27.0. The number of nitrogens with two attached hydrogens (primary N) is 2. The van der Waals surface area contributed by atoms with E-state index in [0.717, 1.165) is 115 Å². The molecule has 73 heavy (non-hydrogen) atoms. The highest BCUT2D eigenvalue weighted by molar-refractivity contribution is 7.98. The van der Waals surface area contributed by atoms with Gasteiger partial charge in [-0.3, -0.25) is 9.59 Å². The Morgan fingerprint density at radius 1 is 0.534 bits per heavy atom. The van der Waals surface area contributed by atoms with E-state index in [0.29, 0.717) is 43.1 Å². The molecule has 0 aromatic carbocycles. The number of carbonyl (C=O) groups excluding carboxylic acids is 2. The van der Waals surface area contributed by atoms with Crippen molar-refractivity contribution in [1.29, 1.82) is 0 Å². The Morgan fingerprint density at radius 2 is 0.877 bits per heavy atom. The highest BCUT2D eigenvalue weighted by Crippen LogP contribution is 2.19. The van der Waals surface area contributed by atoms with E-state index >= 15 is 0 Å². The lowest BCUT2D eigenvalue weighted by Crippen LogP contribution is -2.24. The Morgan fingerprint density at radius 3 is 1.25 bits per heavy atom. The zero-order valence-electron chi connectivity index (χ0n) is 45.4. The minimum Gasteiger partial charge on any atom is -0.460 e. The van der Waals surface area contributed by atoms with Crippen molar-refractivity contribution in [2.24, 2.45) is 35.1 Å². The molecule has 0 fully saturated rings. The van der Waals surface area contributed by atoms with Crippen molar-refractivity contribution in [1.82, 2.24) is 53.8 Å². The van der Waals surface area contributed by atoms with E-state index < -0.39 is 5.60 Å². The van der Waals surface area contributed by atoms with Gasteiger partial charge in [-0.25, -0.2) is 38.5 Å². The van der Waals surface area contributed by atoms with Crippen LogP contribution in [0.5, 0.6) is 0 Å². The molecule has 17 nitrogen and oxygen atoms in total. The standard InChI is InChI=1S/C17H21N5S.C17H25N3O2.C11H16N4.C10H21NO2/c1-13(4-6-16-18-11-15(23-2)12-19-16)3-5-14-8-10-22-17(21-14)7-9-20-22;1-13(6-8-16(21)22-17(2,3)4)5-7-14-10-12-20-15(19-14)9-11-18-20;1-9(8-12)2-3-10-5-7-15-11(14-10)4-6-13-15;1-8(7-11)5-6-9(12)13-10(2,3)4/h7-13H,3-6H2,1-2H3;9-13H,5-8H2,1-4H3;4-7,9H,2-3,8,12H2,1H3;8H,5-7,11H2,1-4H3. The average Bonchev–Trinajstić information content (AvgIpc) is 4.16. The quantitative estimate of drug-likeness (QED) is 0.0505. The van der Waals surface area contributed by atoms with Crippen LogP contribution in [0, 0.1) is 23.7 Å². The summed E-state index contributed by atoms with van der Waals surface area (Å²) in [5.41, 5.74) is 16.2. The summed E-state index contributed by atoms with van der Waals surface area (Å²) in [5, 5.41) is 12.4. The van der Waals surface area contributed by atoms with Gasteiger partial charge in [0.05, 0.1) is 18.6 Å². The minimum atomic E-state index is -0.398. The number of carbonyl (C=O) groups is 2. The van der Waals surface area contributed by atoms with Crippen molar-refractivity contribution in [2.75, 3.05) is 19.3 Å². The Hall–Kier alpha value is -5.85. The molecule has 7 rings (SSSR count). The first kappa shape index (κ1) is 59.7. The summed E-state index contributed by atoms with van der Waals surface area (Å²) >= 11 is 1.67. The molecular weight excluding hydrogens is 939 g/mol. The Bertz CT molecular complexity index is 2670. The largest absolute Gasteiger partial charge is 0.460 e. The summed E-state index contributed by atoms with van der Waals surface area (Å²) in [5.74, 6) is 2.75. The molecule has 0 radical (unpaired) electrons. The molecule has 0 bridgehead atoms. The Labute approximate surface area is 437 Å². The van der Waals surface area contributed by atoms with Crippen LogP contribution in [-0.4, -0.2) is 96.2 Å². The summed E-state index contributed by atoms with van der Waals surface area (Å²) < 4.78 is 15.8. The molecule has 4 atom stereocenters. The molecule has 4 N–H and O–H groups in total. The molecular formula is C55H83N13O4S. The van der Waals surface area contributed by atoms with Gasteiger partial charge in [0.2, 0.25) is 0 Å². The van der Waals surface area contributed by atoms with Crippen molar-refractivity contribution in [3.8, 4) is 0 Å². The van der Waals surface area contributed by atoms with Crippen LogP contribution in [0.25, 0.3) is 16.9 Å². The minimum absolute atomic E-state index is 0.113. The number of hydrogen-bond donors (Lipinski definition) is 2. The average molecular weight is 1020 g/mol. The van der Waals surface area contributed by atoms with Gasteiger partial charge < -0.3 is 20.9 Å². The van der Waals surface area contributed by atoms with E-state index in [2.05, 4.69) is 67.1 Å². The highest BCUT2D eigenvalue weighted by atomic mass is 32.2. The van der Waals surface area contributed by atoms with Gasteiger partial charge in [-0.15, -0.1) is 11.8 Å².